The fraction of sp³-hybridized carbons (Fsp3) is 0.419. The number of aliphatic hydroxyl groups is 1. The van der Waals surface area contributed by atoms with Gasteiger partial charge in [-0.1, -0.05) is 6.92 Å². The predicted octanol–water partition coefficient (Wildman–Crippen LogP) is 6.66. The van der Waals surface area contributed by atoms with Gasteiger partial charge in [-0.15, -0.1) is 0 Å². The zero-order valence-corrected chi connectivity index (χ0v) is 24.2. The first kappa shape index (κ1) is 31.0. The number of benzene rings is 1. The van der Waals surface area contributed by atoms with Crippen LogP contribution in [-0.4, -0.2) is 38.7 Å². The number of amides is 2. The van der Waals surface area contributed by atoms with Crippen LogP contribution in [0.4, 0.5) is 23.7 Å². The van der Waals surface area contributed by atoms with Gasteiger partial charge in [-0.25, -0.2) is 22.9 Å². The normalized spacial score (nSPS) is 19.6. The number of anilines is 1. The van der Waals surface area contributed by atoms with E-state index >= 15 is 0 Å². The Bertz CT molecular complexity index is 1450. The molecule has 1 aromatic carbocycles. The van der Waals surface area contributed by atoms with Crippen molar-refractivity contribution in [1.29, 1.82) is 0 Å². The van der Waals surface area contributed by atoms with Gasteiger partial charge < -0.3 is 20.5 Å². The number of rotatable bonds is 6. The van der Waals surface area contributed by atoms with E-state index in [0.29, 0.717) is 12.1 Å². The summed E-state index contributed by atoms with van der Waals surface area (Å²) in [5.41, 5.74) is -1.11. The van der Waals surface area contributed by atoms with E-state index < -0.39 is 52.4 Å². The molecule has 8 nitrogen and oxygen atoms in total. The number of nitrogens with zero attached hydrogens (tertiary/aromatic N) is 2. The lowest BCUT2D eigenvalue weighted by Crippen LogP contribution is -2.42. The summed E-state index contributed by atoms with van der Waals surface area (Å²) in [5.74, 6) is -3.74. The van der Waals surface area contributed by atoms with Crippen LogP contribution in [0.5, 0.6) is 0 Å². The van der Waals surface area contributed by atoms with Crippen LogP contribution in [0.25, 0.3) is 11.3 Å². The van der Waals surface area contributed by atoms with E-state index in [1.165, 1.54) is 13.1 Å². The monoisotopic (exact) mass is 584 g/mol. The molecule has 3 N–H and O–H groups in total. The van der Waals surface area contributed by atoms with Gasteiger partial charge in [0.2, 0.25) is 0 Å². The molecule has 4 atom stereocenters. The molecule has 0 spiro atoms. The van der Waals surface area contributed by atoms with Crippen molar-refractivity contribution in [3.8, 4) is 11.3 Å². The third-order valence-electron chi connectivity index (χ3n) is 7.07. The van der Waals surface area contributed by atoms with Crippen molar-refractivity contribution < 1.29 is 32.6 Å². The molecule has 0 saturated heterocycles. The first-order valence-electron chi connectivity index (χ1n) is 13.8. The van der Waals surface area contributed by atoms with Crippen LogP contribution in [0.1, 0.15) is 87.5 Å². The lowest BCUT2D eigenvalue weighted by molar-refractivity contribution is 0.0482. The summed E-state index contributed by atoms with van der Waals surface area (Å²) in [4.78, 5) is 33.7. The largest absolute Gasteiger partial charge is 0.444 e. The Morgan fingerprint density at radius 1 is 1.05 bits per heavy atom. The average molecular weight is 585 g/mol. The molecule has 2 amide bonds. The van der Waals surface area contributed by atoms with E-state index in [2.05, 4.69) is 27.5 Å². The van der Waals surface area contributed by atoms with Crippen molar-refractivity contribution in [1.82, 2.24) is 15.3 Å². The van der Waals surface area contributed by atoms with Crippen LogP contribution in [0.2, 0.25) is 0 Å². The average Bonchev–Trinajstić information content (AvgIpc) is 2.88. The lowest BCUT2D eigenvalue weighted by Gasteiger charge is -2.35. The number of hydrogen-bond donors (Lipinski definition) is 3. The standard InChI is InChI=1S/C31H35F3N4O4/c1-16-10-19(12-20(11-16)36-30(41)42-31(3,4)5)21-8-9-35-15-26(21)38-29(40)25-7-6-22(32)28(37-25)27-23(33)13-18(17(2)39)14-24(27)34/h6-9,13-17,19-20,39H,10-12H2,1-5H3,(H,36,41)(H,38,40). The first-order chi connectivity index (χ1) is 19.7. The van der Waals surface area contributed by atoms with Gasteiger partial charge in [0.15, 0.2) is 0 Å². The van der Waals surface area contributed by atoms with Gasteiger partial charge in [0, 0.05) is 12.2 Å². The minimum Gasteiger partial charge on any atom is -0.444 e. The Labute approximate surface area is 242 Å². The number of carbonyl (C=O) groups is 2. The molecule has 0 aliphatic heterocycles. The van der Waals surface area contributed by atoms with Crippen LogP contribution in [0, 0.1) is 23.4 Å². The molecular formula is C31H35F3N4O4. The van der Waals surface area contributed by atoms with E-state index in [-0.39, 0.29) is 29.1 Å². The molecule has 11 heteroatoms. The topological polar surface area (TPSA) is 113 Å². The number of nitrogens with one attached hydrogen (secondary N) is 2. The summed E-state index contributed by atoms with van der Waals surface area (Å²) in [6, 6.07) is 5.48. The summed E-state index contributed by atoms with van der Waals surface area (Å²) >= 11 is 0. The van der Waals surface area contributed by atoms with E-state index in [0.717, 1.165) is 42.7 Å². The van der Waals surface area contributed by atoms with Gasteiger partial charge in [0.05, 0.1) is 23.6 Å². The van der Waals surface area contributed by atoms with E-state index in [1.54, 1.807) is 33.0 Å². The van der Waals surface area contributed by atoms with Crippen molar-refractivity contribution in [2.45, 2.75) is 77.5 Å². The molecule has 0 radical (unpaired) electrons. The second kappa shape index (κ2) is 12.5. The zero-order chi connectivity index (χ0) is 30.8. The fourth-order valence-electron chi connectivity index (χ4n) is 5.31. The van der Waals surface area contributed by atoms with Crippen molar-refractivity contribution in [2.24, 2.45) is 5.92 Å². The minimum absolute atomic E-state index is 0.0206. The van der Waals surface area contributed by atoms with Gasteiger partial charge in [-0.05, 0) is 100 Å². The minimum atomic E-state index is -1.14. The number of alkyl carbamates (subject to hydrolysis) is 1. The highest BCUT2D eigenvalue weighted by Gasteiger charge is 2.31. The van der Waals surface area contributed by atoms with Gasteiger partial charge >= 0.3 is 6.09 Å². The van der Waals surface area contributed by atoms with E-state index in [1.807, 2.05) is 0 Å². The summed E-state index contributed by atoms with van der Waals surface area (Å²) in [6.45, 7) is 8.82. The fourth-order valence-corrected chi connectivity index (χ4v) is 5.31. The Kier molecular flexibility index (Phi) is 9.20. The van der Waals surface area contributed by atoms with Crippen LogP contribution in [0.3, 0.4) is 0 Å². The second-order valence-corrected chi connectivity index (χ2v) is 11.8. The number of carbonyl (C=O) groups excluding carboxylic acids is 2. The first-order valence-corrected chi connectivity index (χ1v) is 13.8. The van der Waals surface area contributed by atoms with Gasteiger partial charge in [-0.3, -0.25) is 9.78 Å². The van der Waals surface area contributed by atoms with Crippen molar-refractivity contribution in [3.05, 3.63) is 77.0 Å². The highest BCUT2D eigenvalue weighted by Crippen LogP contribution is 2.39. The van der Waals surface area contributed by atoms with Crippen LogP contribution >= 0.6 is 0 Å². The summed E-state index contributed by atoms with van der Waals surface area (Å²) in [6.07, 6.45) is 3.65. The molecule has 0 bridgehead atoms. The van der Waals surface area contributed by atoms with E-state index in [9.17, 15) is 27.9 Å². The summed E-state index contributed by atoms with van der Waals surface area (Å²) < 4.78 is 49.7. The highest BCUT2D eigenvalue weighted by atomic mass is 19.1. The molecule has 4 rings (SSSR count). The van der Waals surface area contributed by atoms with Gasteiger partial charge in [-0.2, -0.15) is 0 Å². The van der Waals surface area contributed by atoms with E-state index in [4.69, 9.17) is 4.74 Å². The second-order valence-electron chi connectivity index (χ2n) is 11.8. The molecule has 224 valence electrons. The Morgan fingerprint density at radius 2 is 1.74 bits per heavy atom. The number of aliphatic hydroxyl groups excluding tert-OH is 1. The molecule has 1 aliphatic rings. The number of pyridine rings is 2. The molecule has 1 fully saturated rings. The maximum Gasteiger partial charge on any atom is 0.407 e. The smallest absolute Gasteiger partial charge is 0.407 e. The Morgan fingerprint density at radius 3 is 2.38 bits per heavy atom. The molecule has 2 aromatic heterocycles. The number of aromatic nitrogens is 2. The van der Waals surface area contributed by atoms with Crippen molar-refractivity contribution in [3.63, 3.8) is 0 Å². The molecule has 42 heavy (non-hydrogen) atoms. The maximum absolute atomic E-state index is 14.8. The third kappa shape index (κ3) is 7.44. The summed E-state index contributed by atoms with van der Waals surface area (Å²) in [7, 11) is 0. The maximum atomic E-state index is 14.8. The molecule has 1 aliphatic carbocycles. The highest BCUT2D eigenvalue weighted by molar-refractivity contribution is 6.03. The van der Waals surface area contributed by atoms with Crippen molar-refractivity contribution >= 4 is 17.7 Å². The van der Waals surface area contributed by atoms with Crippen LogP contribution in [0.15, 0.2) is 42.7 Å². The molecule has 4 unspecified atom stereocenters. The molecule has 2 heterocycles. The lowest BCUT2D eigenvalue weighted by atomic mass is 9.76. The number of hydrogen-bond acceptors (Lipinski definition) is 6. The van der Waals surface area contributed by atoms with Crippen molar-refractivity contribution in [2.75, 3.05) is 5.32 Å². The Hall–Kier alpha value is -3.99. The third-order valence-corrected chi connectivity index (χ3v) is 7.07. The van der Waals surface area contributed by atoms with Crippen LogP contribution in [-0.2, 0) is 4.74 Å². The predicted molar refractivity (Wildman–Crippen MR) is 151 cm³/mol. The number of halogens is 3. The zero-order valence-electron chi connectivity index (χ0n) is 24.2. The van der Waals surface area contributed by atoms with Gasteiger partial charge in [0.25, 0.3) is 5.91 Å². The van der Waals surface area contributed by atoms with Gasteiger partial charge in [0.1, 0.15) is 34.4 Å². The Balaban J connectivity index is 1.57. The molecule has 1 saturated carbocycles. The summed E-state index contributed by atoms with van der Waals surface area (Å²) in [5, 5.41) is 15.4. The molecular weight excluding hydrogens is 549 g/mol. The SMILES string of the molecule is CC1CC(NC(=O)OC(C)(C)C)CC(c2ccncc2NC(=O)c2ccc(F)c(-c3c(F)cc(C(C)O)cc3F)n2)C1. The number of ether oxygens (including phenoxy) is 1. The molecule has 3 aromatic rings. The quantitative estimate of drug-likeness (QED) is 0.299. The van der Waals surface area contributed by atoms with Crippen LogP contribution < -0.4 is 10.6 Å².